The second-order valence-corrected chi connectivity index (χ2v) is 11.0. The van der Waals surface area contributed by atoms with Gasteiger partial charge in [-0.2, -0.15) is 0 Å². The van der Waals surface area contributed by atoms with E-state index in [-0.39, 0.29) is 5.92 Å². The quantitative estimate of drug-likeness (QED) is 0.421. The minimum Gasteiger partial charge on any atom is -0.368 e. The highest BCUT2D eigenvalue weighted by atomic mass is 79.9. The number of likely N-dealkylation sites (N-methyl/N-ethyl adjacent to an activating group) is 1. The third kappa shape index (κ3) is 3.39. The maximum Gasteiger partial charge on any atom is 0.227 e. The summed E-state index contributed by atoms with van der Waals surface area (Å²) >= 11 is 3.74. The number of H-pyrrole nitrogens is 1. The Kier molecular flexibility index (Phi) is 4.92. The third-order valence-electron chi connectivity index (χ3n) is 8.34. The Morgan fingerprint density at radius 1 is 1.11 bits per heavy atom. The third-order valence-corrected chi connectivity index (χ3v) is 9.02. The molecule has 180 valence electrons. The van der Waals surface area contributed by atoms with Crippen molar-refractivity contribution in [2.45, 2.75) is 24.8 Å². The summed E-state index contributed by atoms with van der Waals surface area (Å²) in [6.07, 6.45) is 1.94. The largest absolute Gasteiger partial charge is 0.368 e. The first-order valence-corrected chi connectivity index (χ1v) is 13.1. The fourth-order valence-electron chi connectivity index (χ4n) is 6.57. The normalized spacial score (nSPS) is 24.8. The highest BCUT2D eigenvalue weighted by molar-refractivity contribution is 9.10. The molecule has 0 radical (unpaired) electrons. The molecule has 2 fully saturated rings. The number of aromatic nitrogens is 3. The molecule has 2 aromatic carbocycles. The van der Waals surface area contributed by atoms with Gasteiger partial charge < -0.3 is 19.7 Å². The summed E-state index contributed by atoms with van der Waals surface area (Å²) in [5.41, 5.74) is 6.59. The van der Waals surface area contributed by atoms with Crippen LogP contribution in [0.25, 0.3) is 21.9 Å². The van der Waals surface area contributed by atoms with Gasteiger partial charge in [0, 0.05) is 61.3 Å². The SMILES string of the molecule is CN1C[C@@H](C(=O)N2CCN(c3ccc4nonc4c3)CC2)C[C@H]2c3cccc4[nH]c(Br)c(c34)C[C@@H]21. The summed E-state index contributed by atoms with van der Waals surface area (Å²) in [4.78, 5) is 24.0. The molecule has 8 nitrogen and oxygen atoms in total. The molecule has 1 amide bonds. The van der Waals surface area contributed by atoms with E-state index in [1.807, 2.05) is 12.1 Å². The van der Waals surface area contributed by atoms with Crippen LogP contribution in [0.4, 0.5) is 5.69 Å². The number of benzene rings is 2. The van der Waals surface area contributed by atoms with Crippen LogP contribution in [-0.4, -0.2) is 76.8 Å². The number of fused-ring (bicyclic) bond motifs is 3. The molecule has 2 aromatic heterocycles. The number of piperazine rings is 1. The Labute approximate surface area is 211 Å². The van der Waals surface area contributed by atoms with Gasteiger partial charge in [-0.25, -0.2) is 4.63 Å². The van der Waals surface area contributed by atoms with E-state index in [0.29, 0.717) is 17.9 Å². The summed E-state index contributed by atoms with van der Waals surface area (Å²) in [6.45, 7) is 3.94. The van der Waals surface area contributed by atoms with Crippen LogP contribution in [-0.2, 0) is 11.2 Å². The molecule has 1 aliphatic carbocycles. The van der Waals surface area contributed by atoms with Crippen molar-refractivity contribution in [3.63, 3.8) is 0 Å². The second kappa shape index (κ2) is 8.06. The lowest BCUT2D eigenvalue weighted by Crippen LogP contribution is -2.55. The topological polar surface area (TPSA) is 81.5 Å². The molecule has 2 aliphatic heterocycles. The van der Waals surface area contributed by atoms with Gasteiger partial charge in [0.15, 0.2) is 0 Å². The summed E-state index contributed by atoms with van der Waals surface area (Å²) in [5.74, 6) is 0.717. The zero-order valence-corrected chi connectivity index (χ0v) is 21.2. The Bertz CT molecular complexity index is 1440. The molecule has 0 saturated carbocycles. The van der Waals surface area contributed by atoms with Gasteiger partial charge in [-0.3, -0.25) is 4.79 Å². The second-order valence-electron chi connectivity index (χ2n) is 10.2. The predicted octanol–water partition coefficient (Wildman–Crippen LogP) is 3.78. The standard InChI is InChI=1S/C26H27BrN6O2/c1-31-14-15(11-18-17-3-2-4-21-24(17)19(13-23(18)31)25(27)28-21)26(34)33-9-7-32(8-10-33)16-5-6-20-22(12-16)30-35-29-20/h2-6,12,15,18,23,28H,7-11,13-14H2,1H3/t15-,18-,23-/m0/s1. The number of likely N-dealkylation sites (tertiary alicyclic amines) is 1. The van der Waals surface area contributed by atoms with E-state index in [1.54, 1.807) is 0 Å². The summed E-state index contributed by atoms with van der Waals surface area (Å²) < 4.78 is 5.93. The van der Waals surface area contributed by atoms with Gasteiger partial charge in [-0.05, 0) is 81.5 Å². The number of carbonyl (C=O) groups is 1. The first kappa shape index (κ1) is 21.4. The van der Waals surface area contributed by atoms with Crippen molar-refractivity contribution in [3.05, 3.63) is 52.1 Å². The van der Waals surface area contributed by atoms with Crippen LogP contribution in [0.2, 0.25) is 0 Å². The summed E-state index contributed by atoms with van der Waals surface area (Å²) in [6, 6.07) is 13.0. The number of anilines is 1. The number of carbonyl (C=O) groups excluding carboxylic acids is 1. The number of hydrogen-bond acceptors (Lipinski definition) is 6. The molecule has 7 rings (SSSR count). The molecule has 4 aromatic rings. The lowest BCUT2D eigenvalue weighted by Gasteiger charge is -2.46. The molecular weight excluding hydrogens is 508 g/mol. The molecule has 0 bridgehead atoms. The van der Waals surface area contributed by atoms with Gasteiger partial charge in [0.05, 0.1) is 10.5 Å². The minimum atomic E-state index is 0.0320. The molecule has 3 aliphatic rings. The maximum atomic E-state index is 13.7. The molecule has 35 heavy (non-hydrogen) atoms. The number of nitrogens with zero attached hydrogens (tertiary/aromatic N) is 5. The monoisotopic (exact) mass is 534 g/mol. The smallest absolute Gasteiger partial charge is 0.227 e. The van der Waals surface area contributed by atoms with E-state index in [4.69, 9.17) is 4.63 Å². The Morgan fingerprint density at radius 2 is 1.94 bits per heavy atom. The number of amides is 1. The average molecular weight is 535 g/mol. The van der Waals surface area contributed by atoms with Crippen molar-refractivity contribution in [1.82, 2.24) is 25.1 Å². The van der Waals surface area contributed by atoms with Crippen LogP contribution in [0, 0.1) is 5.92 Å². The fraction of sp³-hybridized carbons (Fsp3) is 0.423. The predicted molar refractivity (Wildman–Crippen MR) is 138 cm³/mol. The highest BCUT2D eigenvalue weighted by Gasteiger charge is 2.43. The van der Waals surface area contributed by atoms with E-state index in [0.717, 1.165) is 66.9 Å². The molecule has 0 unspecified atom stereocenters. The van der Waals surface area contributed by atoms with Gasteiger partial charge in [0.2, 0.25) is 5.91 Å². The van der Waals surface area contributed by atoms with Crippen LogP contribution in [0.5, 0.6) is 0 Å². The van der Waals surface area contributed by atoms with Crippen LogP contribution < -0.4 is 4.90 Å². The number of rotatable bonds is 2. The van der Waals surface area contributed by atoms with E-state index >= 15 is 0 Å². The van der Waals surface area contributed by atoms with Crippen molar-refractivity contribution in [2.24, 2.45) is 5.92 Å². The van der Waals surface area contributed by atoms with Crippen molar-refractivity contribution in [1.29, 1.82) is 0 Å². The molecular formula is C26H27BrN6O2. The van der Waals surface area contributed by atoms with Crippen molar-refractivity contribution in [2.75, 3.05) is 44.7 Å². The van der Waals surface area contributed by atoms with E-state index in [2.05, 4.69) is 77.2 Å². The molecule has 2 saturated heterocycles. The molecule has 3 atom stereocenters. The summed E-state index contributed by atoms with van der Waals surface area (Å²) in [5, 5.41) is 9.21. The Hall–Kier alpha value is -2.91. The Balaban J connectivity index is 1.08. The molecule has 9 heteroatoms. The zero-order chi connectivity index (χ0) is 23.7. The zero-order valence-electron chi connectivity index (χ0n) is 19.6. The molecule has 4 heterocycles. The van der Waals surface area contributed by atoms with Gasteiger partial charge in [0.1, 0.15) is 11.0 Å². The lowest BCUT2D eigenvalue weighted by atomic mass is 9.72. The van der Waals surface area contributed by atoms with Gasteiger partial charge in [-0.1, -0.05) is 12.1 Å². The van der Waals surface area contributed by atoms with E-state index in [9.17, 15) is 4.79 Å². The lowest BCUT2D eigenvalue weighted by molar-refractivity contribution is -0.138. The van der Waals surface area contributed by atoms with Crippen molar-refractivity contribution < 1.29 is 9.42 Å². The van der Waals surface area contributed by atoms with Gasteiger partial charge >= 0.3 is 0 Å². The first-order valence-electron chi connectivity index (χ1n) is 12.3. The van der Waals surface area contributed by atoms with Crippen LogP contribution >= 0.6 is 15.9 Å². The first-order chi connectivity index (χ1) is 17.1. The highest BCUT2D eigenvalue weighted by Crippen LogP contribution is 2.46. The fourth-order valence-corrected chi connectivity index (χ4v) is 7.15. The number of halogens is 1. The van der Waals surface area contributed by atoms with E-state index < -0.39 is 0 Å². The van der Waals surface area contributed by atoms with Crippen LogP contribution in [0.15, 0.2) is 45.6 Å². The van der Waals surface area contributed by atoms with Crippen molar-refractivity contribution in [3.8, 4) is 0 Å². The number of hydrogen-bond donors (Lipinski definition) is 1. The maximum absolute atomic E-state index is 13.7. The summed E-state index contributed by atoms with van der Waals surface area (Å²) in [7, 11) is 2.19. The van der Waals surface area contributed by atoms with Crippen LogP contribution in [0.1, 0.15) is 23.5 Å². The molecule has 1 N–H and O–H groups in total. The number of piperidine rings is 1. The number of aromatic amines is 1. The average Bonchev–Trinajstić information content (AvgIpc) is 3.48. The molecule has 0 spiro atoms. The minimum absolute atomic E-state index is 0.0320. The van der Waals surface area contributed by atoms with Gasteiger partial charge in [-0.15, -0.1) is 0 Å². The Morgan fingerprint density at radius 3 is 2.80 bits per heavy atom. The van der Waals surface area contributed by atoms with E-state index in [1.165, 1.54) is 22.0 Å². The number of nitrogens with one attached hydrogen (secondary N) is 1. The van der Waals surface area contributed by atoms with Crippen LogP contribution in [0.3, 0.4) is 0 Å². The van der Waals surface area contributed by atoms with Gasteiger partial charge in [0.25, 0.3) is 0 Å². The van der Waals surface area contributed by atoms with Crippen molar-refractivity contribution >= 4 is 49.5 Å².